The predicted octanol–water partition coefficient (Wildman–Crippen LogP) is 10.3. The molecule has 61 heavy (non-hydrogen) atoms. The van der Waals surface area contributed by atoms with Crippen molar-refractivity contribution >= 4 is 29.5 Å². The Morgan fingerprint density at radius 1 is 0.574 bits per heavy atom. The maximum Gasteiger partial charge on any atom is 0.430 e. The van der Waals surface area contributed by atoms with Gasteiger partial charge >= 0.3 is 24.7 Å². The third kappa shape index (κ3) is 9.90. The van der Waals surface area contributed by atoms with Gasteiger partial charge in [-0.25, -0.2) is 0 Å². The number of hydrogen-bond acceptors (Lipinski definition) is 6. The van der Waals surface area contributed by atoms with E-state index in [2.05, 4.69) is 0 Å². The van der Waals surface area contributed by atoms with Crippen molar-refractivity contribution in [3.05, 3.63) is 136 Å². The monoisotopic (exact) mass is 874 g/mol. The second kappa shape index (κ2) is 17.6. The summed E-state index contributed by atoms with van der Waals surface area (Å²) in [6, 6.07) is 18.1. The van der Waals surface area contributed by atoms with Crippen LogP contribution in [0.25, 0.3) is 6.08 Å². The number of fused-ring (bicyclic) bond motifs is 2. The van der Waals surface area contributed by atoms with Crippen LogP contribution in [0.5, 0.6) is 0 Å². The summed E-state index contributed by atoms with van der Waals surface area (Å²) < 4.78 is 156. The average Bonchev–Trinajstić information content (AvgIpc) is 3.18. The number of alkyl halides is 12. The van der Waals surface area contributed by atoms with Gasteiger partial charge in [0.1, 0.15) is 6.29 Å². The first kappa shape index (κ1) is 46.7. The Kier molecular flexibility index (Phi) is 13.4. The number of hydrogen-bond donors (Lipinski definition) is 2. The molecule has 2 aliphatic heterocycles. The number of carbonyl (C=O) groups is 2. The van der Waals surface area contributed by atoms with E-state index in [0.717, 1.165) is 84.3 Å². The van der Waals surface area contributed by atoms with Gasteiger partial charge in [-0.15, -0.1) is 0 Å². The number of aryl methyl sites for hydroxylation is 2. The van der Waals surface area contributed by atoms with Crippen molar-refractivity contribution in [3.63, 3.8) is 0 Å². The minimum Gasteiger partial charge on any atom is -0.369 e. The number of carbonyl (C=O) groups excluding carboxylic acids is 2. The number of nitrogens with zero attached hydrogens (tertiary/aromatic N) is 2. The molecule has 0 fully saturated rings. The maximum absolute atomic E-state index is 13.1. The molecule has 0 unspecified atom stereocenters. The van der Waals surface area contributed by atoms with Crippen molar-refractivity contribution in [1.82, 2.24) is 0 Å². The van der Waals surface area contributed by atoms with Crippen LogP contribution in [0.1, 0.15) is 69.1 Å². The lowest BCUT2D eigenvalue weighted by molar-refractivity contribution is -0.376. The minimum atomic E-state index is -5.91. The highest BCUT2D eigenvalue weighted by Crippen LogP contribution is 2.51. The van der Waals surface area contributed by atoms with Crippen LogP contribution in [-0.4, -0.2) is 60.1 Å². The van der Waals surface area contributed by atoms with Gasteiger partial charge in [-0.05, 0) is 96.8 Å². The Morgan fingerprint density at radius 3 is 1.28 bits per heavy atom. The number of halogens is 12. The third-order valence-electron chi connectivity index (χ3n) is 10.4. The highest BCUT2D eigenvalue weighted by atomic mass is 19.4. The number of benzene rings is 4. The molecule has 2 aliphatic rings. The molecule has 0 aliphatic carbocycles. The van der Waals surface area contributed by atoms with Crippen molar-refractivity contribution in [2.45, 2.75) is 81.6 Å². The summed E-state index contributed by atoms with van der Waals surface area (Å²) in [5.41, 5.74) is -6.22. The Morgan fingerprint density at radius 2 is 0.934 bits per heavy atom. The molecule has 0 aromatic heterocycles. The van der Waals surface area contributed by atoms with Crippen LogP contribution in [0.4, 0.5) is 64.1 Å². The Bertz CT molecular complexity index is 2180. The van der Waals surface area contributed by atoms with Gasteiger partial charge in [-0.3, -0.25) is 9.59 Å². The molecule has 0 saturated carbocycles. The second-order valence-corrected chi connectivity index (χ2v) is 14.7. The normalized spacial score (nSPS) is 15.2. The predicted molar refractivity (Wildman–Crippen MR) is 202 cm³/mol. The number of aliphatic hydroxyl groups is 2. The van der Waals surface area contributed by atoms with E-state index in [1.807, 2.05) is 28.0 Å². The van der Waals surface area contributed by atoms with E-state index in [1.165, 1.54) is 13.0 Å². The van der Waals surface area contributed by atoms with Crippen LogP contribution in [0.2, 0.25) is 0 Å². The van der Waals surface area contributed by atoms with Gasteiger partial charge in [-0.2, -0.15) is 52.7 Å². The molecule has 2 heterocycles. The SMILES string of the molecule is CC(=O)/C=C/c1ccc2c(c1)CCCN2Cc1ccc(C(O)(C(F)(F)F)C(F)(F)F)cc1.O=Cc1ccc2c(c1)CCCN2Cc1ccc(C(O)(C(F)(F)F)C(F)(F)F)cc1. The van der Waals surface area contributed by atoms with E-state index in [1.54, 1.807) is 24.3 Å². The molecule has 328 valence electrons. The number of anilines is 2. The Labute approximate surface area is 341 Å². The molecular formula is C43H38F12N2O4. The Balaban J connectivity index is 0.000000232. The van der Waals surface area contributed by atoms with E-state index < -0.39 is 47.0 Å². The van der Waals surface area contributed by atoms with E-state index in [4.69, 9.17) is 0 Å². The zero-order valence-electron chi connectivity index (χ0n) is 32.1. The molecule has 0 atom stereocenters. The summed E-state index contributed by atoms with van der Waals surface area (Å²) >= 11 is 0. The van der Waals surface area contributed by atoms with Crippen LogP contribution in [-0.2, 0) is 41.9 Å². The standard InChI is InChI=1S/C23H21F6NO2.C20H17F6NO2/c1-15(31)4-5-16-8-11-20-18(13-16)3-2-12-30(20)14-17-6-9-19(10-7-17)21(32,22(24,25)26)23(27,28)29;21-19(22,23)18(29,20(24,25)26)16-6-3-13(4-7-16)11-27-9-1-2-15-10-14(12-28)5-8-17(15)27/h4-11,13,32H,2-3,12,14H2,1H3;3-8,10,12,29H,1-2,9,11H2/b5-4+;. The molecule has 0 bridgehead atoms. The first-order valence-corrected chi connectivity index (χ1v) is 18.6. The summed E-state index contributed by atoms with van der Waals surface area (Å²) in [6.45, 7) is 3.33. The van der Waals surface area contributed by atoms with E-state index in [9.17, 15) is 72.5 Å². The lowest BCUT2D eigenvalue weighted by atomic mass is 9.91. The van der Waals surface area contributed by atoms with Crippen LogP contribution >= 0.6 is 0 Å². The van der Waals surface area contributed by atoms with Gasteiger partial charge < -0.3 is 20.0 Å². The van der Waals surface area contributed by atoms with Crippen LogP contribution in [0.3, 0.4) is 0 Å². The fraction of sp³-hybridized carbons (Fsp3) is 0.349. The van der Waals surface area contributed by atoms with Gasteiger partial charge in [0.15, 0.2) is 5.78 Å². The summed E-state index contributed by atoms with van der Waals surface area (Å²) in [5, 5.41) is 19.0. The Hall–Kier alpha value is -5.36. The summed E-state index contributed by atoms with van der Waals surface area (Å²) in [5.74, 6) is -0.0734. The zero-order chi connectivity index (χ0) is 45.2. The van der Waals surface area contributed by atoms with Crippen LogP contribution in [0.15, 0.2) is 91.0 Å². The van der Waals surface area contributed by atoms with E-state index in [0.29, 0.717) is 54.0 Å². The van der Waals surface area contributed by atoms with Crippen molar-refractivity contribution in [3.8, 4) is 0 Å². The van der Waals surface area contributed by atoms with Gasteiger partial charge in [-0.1, -0.05) is 60.7 Å². The summed E-state index contributed by atoms with van der Waals surface area (Å²) in [4.78, 5) is 26.0. The molecule has 6 nitrogen and oxygen atoms in total. The number of rotatable bonds is 9. The molecule has 18 heteroatoms. The van der Waals surface area contributed by atoms with Gasteiger partial charge in [0.05, 0.1) is 0 Å². The van der Waals surface area contributed by atoms with Gasteiger partial charge in [0.2, 0.25) is 0 Å². The van der Waals surface area contributed by atoms with Crippen molar-refractivity contribution in [2.24, 2.45) is 0 Å². The zero-order valence-corrected chi connectivity index (χ0v) is 32.1. The maximum atomic E-state index is 13.1. The molecule has 0 radical (unpaired) electrons. The first-order valence-electron chi connectivity index (χ1n) is 18.6. The van der Waals surface area contributed by atoms with Crippen molar-refractivity contribution in [2.75, 3.05) is 22.9 Å². The van der Waals surface area contributed by atoms with Gasteiger partial charge in [0, 0.05) is 54.2 Å². The molecule has 0 amide bonds. The van der Waals surface area contributed by atoms with Crippen LogP contribution < -0.4 is 9.80 Å². The quantitative estimate of drug-likeness (QED) is 0.0991. The largest absolute Gasteiger partial charge is 0.430 e. The highest BCUT2D eigenvalue weighted by Gasteiger charge is 2.72. The topological polar surface area (TPSA) is 81.1 Å². The molecule has 6 rings (SSSR count). The van der Waals surface area contributed by atoms with Crippen molar-refractivity contribution in [1.29, 1.82) is 0 Å². The molecule has 0 saturated heterocycles. The lowest BCUT2D eigenvalue weighted by Crippen LogP contribution is -2.53. The number of allylic oxidation sites excluding steroid dienone is 1. The molecule has 4 aromatic carbocycles. The van der Waals surface area contributed by atoms with Crippen molar-refractivity contribution < 1.29 is 72.5 Å². The molecular weight excluding hydrogens is 836 g/mol. The van der Waals surface area contributed by atoms with E-state index in [-0.39, 0.29) is 18.9 Å². The first-order chi connectivity index (χ1) is 28.3. The van der Waals surface area contributed by atoms with E-state index >= 15 is 0 Å². The molecule has 4 aromatic rings. The fourth-order valence-electron chi connectivity index (χ4n) is 7.23. The lowest BCUT2D eigenvalue weighted by Gasteiger charge is -2.33. The average molecular weight is 875 g/mol. The number of ketones is 1. The molecule has 2 N–H and O–H groups in total. The minimum absolute atomic E-state index is 0.0734. The second-order valence-electron chi connectivity index (χ2n) is 14.7. The van der Waals surface area contributed by atoms with Crippen LogP contribution in [0, 0.1) is 0 Å². The van der Waals surface area contributed by atoms with Gasteiger partial charge in [0.25, 0.3) is 11.2 Å². The highest BCUT2D eigenvalue weighted by molar-refractivity contribution is 5.91. The molecule has 0 spiro atoms. The summed E-state index contributed by atoms with van der Waals surface area (Å²) in [6.07, 6.45) is -16.5. The summed E-state index contributed by atoms with van der Waals surface area (Å²) in [7, 11) is 0. The number of aldehydes is 1. The fourth-order valence-corrected chi connectivity index (χ4v) is 7.23. The third-order valence-corrected chi connectivity index (χ3v) is 10.4. The smallest absolute Gasteiger partial charge is 0.369 e.